The highest BCUT2D eigenvalue weighted by Crippen LogP contribution is 2.38. The monoisotopic (exact) mass is 400 g/mol. The standard InChI is InChI=1S/C20H14ClFN2O4/c1-9-5-17(28-24-9)19(25)18-12-7-11(13(21)8-15(12)23-20(18)26)10-3-4-16(27-2)14(22)6-10/h3-8,23,26H,1-2H3. The minimum Gasteiger partial charge on any atom is -0.494 e. The van der Waals surface area contributed by atoms with Gasteiger partial charge in [0, 0.05) is 17.0 Å². The van der Waals surface area contributed by atoms with Crippen molar-refractivity contribution in [3.05, 3.63) is 64.3 Å². The van der Waals surface area contributed by atoms with Gasteiger partial charge in [-0.1, -0.05) is 22.8 Å². The number of ketones is 1. The highest BCUT2D eigenvalue weighted by atomic mass is 35.5. The van der Waals surface area contributed by atoms with Crippen molar-refractivity contribution in [1.29, 1.82) is 0 Å². The Morgan fingerprint density at radius 3 is 2.71 bits per heavy atom. The number of carbonyl (C=O) groups excluding carboxylic acids is 1. The predicted octanol–water partition coefficient (Wildman–Crippen LogP) is 4.87. The van der Waals surface area contributed by atoms with E-state index in [2.05, 4.69) is 10.1 Å². The Hall–Kier alpha value is -3.32. The van der Waals surface area contributed by atoms with Gasteiger partial charge in [0.05, 0.1) is 28.9 Å². The number of hydrogen-bond acceptors (Lipinski definition) is 5. The van der Waals surface area contributed by atoms with Crippen LogP contribution in [0.3, 0.4) is 0 Å². The van der Waals surface area contributed by atoms with Crippen molar-refractivity contribution in [2.24, 2.45) is 0 Å². The van der Waals surface area contributed by atoms with E-state index in [1.54, 1.807) is 25.1 Å². The van der Waals surface area contributed by atoms with Crippen LogP contribution < -0.4 is 4.74 Å². The van der Waals surface area contributed by atoms with Crippen LogP contribution in [-0.2, 0) is 0 Å². The van der Waals surface area contributed by atoms with Gasteiger partial charge < -0.3 is 19.4 Å². The molecule has 0 radical (unpaired) electrons. The molecule has 0 saturated carbocycles. The van der Waals surface area contributed by atoms with E-state index in [1.165, 1.54) is 25.3 Å². The first-order valence-corrected chi connectivity index (χ1v) is 8.63. The molecule has 4 aromatic rings. The number of ether oxygens (including phenoxy) is 1. The van der Waals surface area contributed by atoms with E-state index in [1.807, 2.05) is 0 Å². The third-order valence-electron chi connectivity index (χ3n) is 4.41. The highest BCUT2D eigenvalue weighted by molar-refractivity contribution is 6.34. The Morgan fingerprint density at radius 1 is 1.29 bits per heavy atom. The number of hydrogen-bond donors (Lipinski definition) is 2. The van der Waals surface area contributed by atoms with Crippen LogP contribution in [0.15, 0.2) is 40.9 Å². The summed E-state index contributed by atoms with van der Waals surface area (Å²) in [7, 11) is 1.38. The molecular weight excluding hydrogens is 387 g/mol. The normalized spacial score (nSPS) is 11.1. The molecule has 142 valence electrons. The van der Waals surface area contributed by atoms with Crippen molar-refractivity contribution >= 4 is 28.3 Å². The molecule has 0 bridgehead atoms. The molecule has 0 unspecified atom stereocenters. The number of H-pyrrole nitrogens is 1. The number of fused-ring (bicyclic) bond motifs is 1. The molecule has 0 spiro atoms. The number of halogens is 2. The molecule has 8 heteroatoms. The first-order chi connectivity index (χ1) is 13.4. The van der Waals surface area contributed by atoms with Gasteiger partial charge >= 0.3 is 0 Å². The molecular formula is C20H14ClFN2O4. The van der Waals surface area contributed by atoms with Crippen molar-refractivity contribution in [3.63, 3.8) is 0 Å². The van der Waals surface area contributed by atoms with Crippen molar-refractivity contribution in [2.75, 3.05) is 7.11 Å². The predicted molar refractivity (Wildman–Crippen MR) is 102 cm³/mol. The summed E-state index contributed by atoms with van der Waals surface area (Å²) in [5.74, 6) is -1.28. The fourth-order valence-corrected chi connectivity index (χ4v) is 3.35. The van der Waals surface area contributed by atoms with Crippen LogP contribution in [0.2, 0.25) is 5.02 Å². The molecule has 2 aromatic heterocycles. The van der Waals surface area contributed by atoms with E-state index in [9.17, 15) is 14.3 Å². The van der Waals surface area contributed by atoms with Crippen LogP contribution in [0.25, 0.3) is 22.0 Å². The molecule has 4 rings (SSSR count). The second-order valence-electron chi connectivity index (χ2n) is 6.24. The fraction of sp³-hybridized carbons (Fsp3) is 0.100. The van der Waals surface area contributed by atoms with Gasteiger partial charge in [-0.25, -0.2) is 4.39 Å². The van der Waals surface area contributed by atoms with Gasteiger partial charge in [-0.05, 0) is 36.8 Å². The summed E-state index contributed by atoms with van der Waals surface area (Å²) >= 11 is 6.36. The molecule has 0 aliphatic carbocycles. The second kappa shape index (κ2) is 6.69. The van der Waals surface area contributed by atoms with Gasteiger partial charge in [0.1, 0.15) is 0 Å². The molecule has 0 saturated heterocycles. The highest BCUT2D eigenvalue weighted by Gasteiger charge is 2.24. The summed E-state index contributed by atoms with van der Waals surface area (Å²) < 4.78 is 24.1. The molecule has 2 aromatic carbocycles. The first-order valence-electron chi connectivity index (χ1n) is 8.25. The van der Waals surface area contributed by atoms with Gasteiger partial charge in [0.15, 0.2) is 11.6 Å². The second-order valence-corrected chi connectivity index (χ2v) is 6.64. The van der Waals surface area contributed by atoms with Crippen molar-refractivity contribution < 1.29 is 23.6 Å². The summed E-state index contributed by atoms with van der Waals surface area (Å²) in [5, 5.41) is 14.7. The van der Waals surface area contributed by atoms with Gasteiger partial charge in [-0.3, -0.25) is 4.79 Å². The number of aromatic hydroxyl groups is 1. The molecule has 28 heavy (non-hydrogen) atoms. The number of rotatable bonds is 4. The van der Waals surface area contributed by atoms with Gasteiger partial charge in [-0.2, -0.15) is 0 Å². The number of aromatic nitrogens is 2. The van der Waals surface area contributed by atoms with Crippen molar-refractivity contribution in [2.45, 2.75) is 6.92 Å². The molecule has 0 atom stereocenters. The third kappa shape index (κ3) is 2.90. The molecule has 6 nitrogen and oxygen atoms in total. The fourth-order valence-electron chi connectivity index (χ4n) is 3.08. The maximum absolute atomic E-state index is 14.1. The number of carbonyl (C=O) groups is 1. The molecule has 0 aliphatic rings. The maximum Gasteiger partial charge on any atom is 0.237 e. The number of aromatic amines is 1. The van der Waals surface area contributed by atoms with Crippen molar-refractivity contribution in [3.8, 4) is 22.8 Å². The SMILES string of the molecule is COc1ccc(-c2cc3c(C(=O)c4cc(C)no4)c(O)[nH]c3cc2Cl)cc1F. The number of nitrogens with one attached hydrogen (secondary N) is 1. The van der Waals surface area contributed by atoms with Crippen LogP contribution in [0, 0.1) is 12.7 Å². The lowest BCUT2D eigenvalue weighted by Crippen LogP contribution is -1.99. The zero-order chi connectivity index (χ0) is 20.0. The lowest BCUT2D eigenvalue weighted by atomic mass is 10.00. The Kier molecular flexibility index (Phi) is 4.31. The Balaban J connectivity index is 1.90. The van der Waals surface area contributed by atoms with E-state index >= 15 is 0 Å². The lowest BCUT2D eigenvalue weighted by molar-refractivity contribution is 0.0999. The van der Waals surface area contributed by atoms with Crippen LogP contribution in [0.5, 0.6) is 11.6 Å². The molecule has 2 heterocycles. The van der Waals surface area contributed by atoms with Crippen LogP contribution >= 0.6 is 11.6 Å². The molecule has 0 fully saturated rings. The zero-order valence-corrected chi connectivity index (χ0v) is 15.6. The van der Waals surface area contributed by atoms with E-state index in [0.717, 1.165) is 0 Å². The zero-order valence-electron chi connectivity index (χ0n) is 14.8. The summed E-state index contributed by atoms with van der Waals surface area (Å²) in [6.45, 7) is 1.69. The number of nitrogens with zero attached hydrogens (tertiary/aromatic N) is 1. The van der Waals surface area contributed by atoms with E-state index in [4.69, 9.17) is 20.9 Å². The summed E-state index contributed by atoms with van der Waals surface area (Å²) in [6.07, 6.45) is 0. The molecule has 2 N–H and O–H groups in total. The van der Waals surface area contributed by atoms with Crippen molar-refractivity contribution in [1.82, 2.24) is 10.1 Å². The summed E-state index contributed by atoms with van der Waals surface area (Å²) in [6, 6.07) is 9.10. The largest absolute Gasteiger partial charge is 0.494 e. The van der Waals surface area contributed by atoms with Gasteiger partial charge in [0.2, 0.25) is 17.4 Å². The van der Waals surface area contributed by atoms with Gasteiger partial charge in [-0.15, -0.1) is 0 Å². The summed E-state index contributed by atoms with van der Waals surface area (Å²) in [5.41, 5.74) is 2.02. The Bertz CT molecular complexity index is 1230. The maximum atomic E-state index is 14.1. The third-order valence-corrected chi connectivity index (χ3v) is 4.72. The average molecular weight is 401 g/mol. The van der Waals surface area contributed by atoms with E-state index in [-0.39, 0.29) is 23.0 Å². The number of aryl methyl sites for hydroxylation is 1. The minimum atomic E-state index is -0.540. The first kappa shape index (κ1) is 18.1. The minimum absolute atomic E-state index is 0.000641. The van der Waals surface area contributed by atoms with Gasteiger partial charge in [0.25, 0.3) is 0 Å². The number of benzene rings is 2. The summed E-state index contributed by atoms with van der Waals surface area (Å²) in [4.78, 5) is 15.5. The topological polar surface area (TPSA) is 88.3 Å². The van der Waals surface area contributed by atoms with E-state index in [0.29, 0.717) is 32.7 Å². The quantitative estimate of drug-likeness (QED) is 0.477. The van der Waals surface area contributed by atoms with Crippen LogP contribution in [-0.4, -0.2) is 28.1 Å². The average Bonchev–Trinajstić information content (AvgIpc) is 3.22. The Labute approximate surface area is 163 Å². The Morgan fingerprint density at radius 2 is 2.07 bits per heavy atom. The number of methoxy groups -OCH3 is 1. The van der Waals surface area contributed by atoms with Crippen LogP contribution in [0.4, 0.5) is 4.39 Å². The molecule has 0 aliphatic heterocycles. The smallest absolute Gasteiger partial charge is 0.237 e. The molecule has 0 amide bonds. The van der Waals surface area contributed by atoms with E-state index < -0.39 is 11.6 Å². The van der Waals surface area contributed by atoms with Crippen LogP contribution in [0.1, 0.15) is 21.8 Å². The lowest BCUT2D eigenvalue weighted by Gasteiger charge is -2.08.